The van der Waals surface area contributed by atoms with E-state index in [-0.39, 0.29) is 12.4 Å². The number of guanidine groups is 1. The van der Waals surface area contributed by atoms with Crippen molar-refractivity contribution >= 4 is 17.3 Å². The van der Waals surface area contributed by atoms with Gasteiger partial charge in [0.05, 0.1) is 17.9 Å². The molecule has 0 unspecified atom stereocenters. The van der Waals surface area contributed by atoms with E-state index >= 15 is 0 Å². The number of halogens is 1. The number of unbranched alkanes of at least 4 members (excludes halogenated alkanes) is 4. The lowest BCUT2D eigenvalue weighted by Gasteiger charge is -2.19. The van der Waals surface area contributed by atoms with Gasteiger partial charge in [0.25, 0.3) is 0 Å². The zero-order valence-electron chi connectivity index (χ0n) is 12.2. The van der Waals surface area contributed by atoms with Crippen molar-refractivity contribution in [2.24, 2.45) is 4.99 Å². The molecule has 2 heterocycles. The third kappa shape index (κ3) is 2.78. The molecule has 0 spiro atoms. The Hall–Kier alpha value is -1.22. The molecule has 0 amide bonds. The molecule has 0 saturated carbocycles. The van der Waals surface area contributed by atoms with Crippen molar-refractivity contribution in [3.05, 3.63) is 24.3 Å². The van der Waals surface area contributed by atoms with E-state index in [9.17, 15) is 0 Å². The standard InChI is InChI=1S/C16H23N3.ClH/c1-2-3-4-5-8-12-18-14-9-6-7-10-15(14)19-13-11-17-16(18)19;/h6-7,9-10H,2-5,8,11-13H2,1H3;1H/p-1. The highest BCUT2D eigenvalue weighted by Crippen LogP contribution is 2.38. The Morgan fingerprint density at radius 2 is 1.80 bits per heavy atom. The number of fused-ring (bicyclic) bond motifs is 3. The molecule has 2 aliphatic heterocycles. The van der Waals surface area contributed by atoms with Crippen molar-refractivity contribution in [1.82, 2.24) is 0 Å². The third-order valence-corrected chi connectivity index (χ3v) is 4.01. The average molecular weight is 293 g/mol. The van der Waals surface area contributed by atoms with Gasteiger partial charge in [-0.15, -0.1) is 0 Å². The van der Waals surface area contributed by atoms with Gasteiger partial charge in [0, 0.05) is 13.1 Å². The van der Waals surface area contributed by atoms with Crippen LogP contribution >= 0.6 is 0 Å². The molecule has 0 fully saturated rings. The van der Waals surface area contributed by atoms with Gasteiger partial charge in [-0.25, -0.2) is 0 Å². The van der Waals surface area contributed by atoms with Crippen LogP contribution in [0.4, 0.5) is 11.4 Å². The number of hydrogen-bond donors (Lipinski definition) is 0. The SMILES string of the molecule is CCCCCCCN1C2=NCCN2c2ccccc21.[Cl-]. The Morgan fingerprint density at radius 1 is 1.05 bits per heavy atom. The molecule has 0 N–H and O–H groups in total. The van der Waals surface area contributed by atoms with Gasteiger partial charge in [-0.2, -0.15) is 0 Å². The largest absolute Gasteiger partial charge is 1.00 e. The van der Waals surface area contributed by atoms with Crippen LogP contribution in [0.2, 0.25) is 0 Å². The van der Waals surface area contributed by atoms with Crippen LogP contribution < -0.4 is 22.2 Å². The number of benzene rings is 1. The Bertz CT molecular complexity index is 473. The number of anilines is 2. The molecule has 2 aliphatic rings. The van der Waals surface area contributed by atoms with Gasteiger partial charge in [0.1, 0.15) is 0 Å². The first-order chi connectivity index (χ1) is 9.42. The third-order valence-electron chi connectivity index (χ3n) is 4.01. The van der Waals surface area contributed by atoms with Gasteiger partial charge in [0.15, 0.2) is 0 Å². The van der Waals surface area contributed by atoms with E-state index in [0.29, 0.717) is 0 Å². The molecule has 110 valence electrons. The van der Waals surface area contributed by atoms with E-state index in [1.165, 1.54) is 49.4 Å². The molecule has 0 aromatic heterocycles. The molecule has 0 atom stereocenters. The number of aliphatic imine (C=N–C) groups is 1. The molecule has 0 saturated heterocycles. The van der Waals surface area contributed by atoms with Crippen LogP contribution in [0, 0.1) is 0 Å². The Labute approximate surface area is 128 Å². The maximum absolute atomic E-state index is 4.68. The summed E-state index contributed by atoms with van der Waals surface area (Å²) in [6, 6.07) is 8.70. The van der Waals surface area contributed by atoms with Crippen LogP contribution in [-0.4, -0.2) is 25.6 Å². The van der Waals surface area contributed by atoms with Crippen molar-refractivity contribution in [2.45, 2.75) is 39.0 Å². The van der Waals surface area contributed by atoms with Crippen LogP contribution in [0.15, 0.2) is 29.3 Å². The Morgan fingerprint density at radius 3 is 2.60 bits per heavy atom. The van der Waals surface area contributed by atoms with Gasteiger partial charge in [-0.05, 0) is 18.6 Å². The smallest absolute Gasteiger partial charge is 0.205 e. The number of nitrogens with zero attached hydrogens (tertiary/aromatic N) is 3. The molecule has 20 heavy (non-hydrogen) atoms. The van der Waals surface area contributed by atoms with Gasteiger partial charge in [-0.1, -0.05) is 44.7 Å². The number of rotatable bonds is 6. The first-order valence-electron chi connectivity index (χ1n) is 7.60. The van der Waals surface area contributed by atoms with Gasteiger partial charge in [0.2, 0.25) is 5.96 Å². The monoisotopic (exact) mass is 292 g/mol. The molecule has 0 radical (unpaired) electrons. The highest BCUT2D eigenvalue weighted by Gasteiger charge is 2.34. The minimum atomic E-state index is 0. The van der Waals surface area contributed by atoms with Gasteiger partial charge < -0.3 is 22.2 Å². The summed E-state index contributed by atoms with van der Waals surface area (Å²) in [6.45, 7) is 5.35. The van der Waals surface area contributed by atoms with E-state index in [1.54, 1.807) is 0 Å². The predicted octanol–water partition coefficient (Wildman–Crippen LogP) is 0.657. The molecule has 0 aliphatic carbocycles. The number of hydrogen-bond acceptors (Lipinski definition) is 3. The molecule has 1 aromatic rings. The zero-order valence-corrected chi connectivity index (χ0v) is 12.9. The highest BCUT2D eigenvalue weighted by molar-refractivity contribution is 6.17. The fourth-order valence-electron chi connectivity index (χ4n) is 3.02. The van der Waals surface area contributed by atoms with Gasteiger partial charge in [-0.3, -0.25) is 4.99 Å². The maximum Gasteiger partial charge on any atom is 0.205 e. The van der Waals surface area contributed by atoms with E-state index in [1.807, 2.05) is 0 Å². The number of para-hydroxylation sites is 2. The second-order valence-corrected chi connectivity index (χ2v) is 5.39. The minimum Gasteiger partial charge on any atom is -1.00 e. The maximum atomic E-state index is 4.68. The average Bonchev–Trinajstić information content (AvgIpc) is 3.01. The molecule has 1 aromatic carbocycles. The summed E-state index contributed by atoms with van der Waals surface area (Å²) < 4.78 is 0. The summed E-state index contributed by atoms with van der Waals surface area (Å²) in [5.74, 6) is 1.18. The van der Waals surface area contributed by atoms with Crippen molar-refractivity contribution in [3.8, 4) is 0 Å². The van der Waals surface area contributed by atoms with E-state index in [2.05, 4.69) is 46.0 Å². The molecule has 3 rings (SSSR count). The lowest BCUT2D eigenvalue weighted by molar-refractivity contribution is -0.00000389. The topological polar surface area (TPSA) is 18.8 Å². The fourth-order valence-corrected chi connectivity index (χ4v) is 3.02. The van der Waals surface area contributed by atoms with Crippen LogP contribution in [0.25, 0.3) is 0 Å². The molecule has 0 bridgehead atoms. The first-order valence-corrected chi connectivity index (χ1v) is 7.60. The lowest BCUT2D eigenvalue weighted by atomic mass is 10.1. The van der Waals surface area contributed by atoms with Crippen LogP contribution in [-0.2, 0) is 0 Å². The van der Waals surface area contributed by atoms with Crippen LogP contribution in [0.3, 0.4) is 0 Å². The van der Waals surface area contributed by atoms with E-state index < -0.39 is 0 Å². The second kappa shape index (κ2) is 6.98. The lowest BCUT2D eigenvalue weighted by Crippen LogP contribution is -3.00. The van der Waals surface area contributed by atoms with Gasteiger partial charge >= 0.3 is 0 Å². The Kier molecular flexibility index (Phi) is 5.30. The second-order valence-electron chi connectivity index (χ2n) is 5.39. The van der Waals surface area contributed by atoms with Crippen LogP contribution in [0.1, 0.15) is 39.0 Å². The minimum absolute atomic E-state index is 0. The van der Waals surface area contributed by atoms with E-state index in [4.69, 9.17) is 0 Å². The molecular weight excluding hydrogens is 270 g/mol. The summed E-state index contributed by atoms with van der Waals surface area (Å²) in [5, 5.41) is 0. The van der Waals surface area contributed by atoms with E-state index in [0.717, 1.165) is 19.6 Å². The normalized spacial score (nSPS) is 15.8. The summed E-state index contributed by atoms with van der Waals surface area (Å²) >= 11 is 0. The summed E-state index contributed by atoms with van der Waals surface area (Å²) in [4.78, 5) is 9.45. The summed E-state index contributed by atoms with van der Waals surface area (Å²) in [5.41, 5.74) is 2.68. The van der Waals surface area contributed by atoms with Crippen molar-refractivity contribution < 1.29 is 12.4 Å². The summed E-state index contributed by atoms with van der Waals surface area (Å²) in [6.07, 6.45) is 6.64. The molecule has 3 nitrogen and oxygen atoms in total. The first kappa shape index (κ1) is 15.2. The van der Waals surface area contributed by atoms with Crippen molar-refractivity contribution in [2.75, 3.05) is 29.4 Å². The summed E-state index contributed by atoms with van der Waals surface area (Å²) in [7, 11) is 0. The molecule has 4 heteroatoms. The molecular formula is C16H23ClN3-. The van der Waals surface area contributed by atoms with Crippen molar-refractivity contribution in [3.63, 3.8) is 0 Å². The highest BCUT2D eigenvalue weighted by atomic mass is 35.5. The predicted molar refractivity (Wildman–Crippen MR) is 82.2 cm³/mol. The fraction of sp³-hybridized carbons (Fsp3) is 0.562. The quantitative estimate of drug-likeness (QED) is 0.717. The van der Waals surface area contributed by atoms with Crippen LogP contribution in [0.5, 0.6) is 0 Å². The zero-order chi connectivity index (χ0) is 13.1. The van der Waals surface area contributed by atoms with Crippen molar-refractivity contribution in [1.29, 1.82) is 0 Å². The Balaban J connectivity index is 0.00000147.